The van der Waals surface area contributed by atoms with E-state index in [1.807, 2.05) is 49.4 Å². The molecule has 27 heavy (non-hydrogen) atoms. The van der Waals surface area contributed by atoms with Crippen LogP contribution in [-0.2, 0) is 22.6 Å². The minimum Gasteiger partial charge on any atom is -0.454 e. The summed E-state index contributed by atoms with van der Waals surface area (Å²) in [5.74, 6) is 1.23. The van der Waals surface area contributed by atoms with Gasteiger partial charge in [0.1, 0.15) is 6.04 Å². The lowest BCUT2D eigenvalue weighted by molar-refractivity contribution is -0.141. The third-order valence-electron chi connectivity index (χ3n) is 5.06. The van der Waals surface area contributed by atoms with Gasteiger partial charge < -0.3 is 19.7 Å². The Morgan fingerprint density at radius 1 is 1.15 bits per heavy atom. The first-order valence-corrected chi connectivity index (χ1v) is 9.21. The normalized spacial score (nSPS) is 17.4. The molecule has 1 N–H and O–H groups in total. The van der Waals surface area contributed by atoms with Gasteiger partial charge in [-0.15, -0.1) is 0 Å². The number of amides is 2. The average molecular weight is 366 g/mol. The van der Waals surface area contributed by atoms with Crippen molar-refractivity contribution in [1.29, 1.82) is 0 Å². The highest BCUT2D eigenvalue weighted by atomic mass is 16.7. The zero-order chi connectivity index (χ0) is 18.8. The molecule has 0 aliphatic carbocycles. The zero-order valence-corrected chi connectivity index (χ0v) is 15.2. The van der Waals surface area contributed by atoms with Crippen molar-refractivity contribution in [3.63, 3.8) is 0 Å². The molecule has 0 saturated heterocycles. The summed E-state index contributed by atoms with van der Waals surface area (Å²) in [6.07, 6.45) is 1.15. The smallest absolute Gasteiger partial charge is 0.247 e. The van der Waals surface area contributed by atoms with E-state index in [2.05, 4.69) is 5.32 Å². The number of benzene rings is 2. The molecule has 140 valence electrons. The van der Waals surface area contributed by atoms with Crippen molar-refractivity contribution in [3.05, 3.63) is 59.2 Å². The van der Waals surface area contributed by atoms with Crippen molar-refractivity contribution in [2.45, 2.75) is 32.4 Å². The van der Waals surface area contributed by atoms with Crippen LogP contribution in [0.25, 0.3) is 0 Å². The fourth-order valence-electron chi connectivity index (χ4n) is 3.66. The number of rotatable bonds is 4. The monoisotopic (exact) mass is 366 g/mol. The third-order valence-corrected chi connectivity index (χ3v) is 5.06. The summed E-state index contributed by atoms with van der Waals surface area (Å²) in [5.41, 5.74) is 2.96. The maximum Gasteiger partial charge on any atom is 0.247 e. The van der Waals surface area contributed by atoms with E-state index < -0.39 is 6.04 Å². The summed E-state index contributed by atoms with van der Waals surface area (Å²) in [5, 5.41) is 2.98. The molecule has 2 heterocycles. The number of ether oxygens (including phenoxy) is 2. The highest BCUT2D eigenvalue weighted by molar-refractivity contribution is 5.89. The Balaban J connectivity index is 1.54. The molecule has 2 aliphatic rings. The van der Waals surface area contributed by atoms with Crippen LogP contribution >= 0.6 is 0 Å². The Morgan fingerprint density at radius 3 is 2.81 bits per heavy atom. The van der Waals surface area contributed by atoms with Crippen molar-refractivity contribution in [2.24, 2.45) is 0 Å². The average Bonchev–Trinajstić information content (AvgIpc) is 3.18. The van der Waals surface area contributed by atoms with E-state index in [9.17, 15) is 9.59 Å². The van der Waals surface area contributed by atoms with E-state index in [0.717, 1.165) is 23.1 Å². The van der Waals surface area contributed by atoms with Gasteiger partial charge in [-0.05, 0) is 35.2 Å². The number of fused-ring (bicyclic) bond motifs is 2. The van der Waals surface area contributed by atoms with Crippen LogP contribution in [0.4, 0.5) is 0 Å². The Kier molecular flexibility index (Phi) is 4.71. The van der Waals surface area contributed by atoms with Gasteiger partial charge in [0.15, 0.2) is 11.5 Å². The maximum absolute atomic E-state index is 13.0. The molecule has 4 rings (SSSR count). The van der Waals surface area contributed by atoms with Gasteiger partial charge >= 0.3 is 0 Å². The summed E-state index contributed by atoms with van der Waals surface area (Å²) in [7, 11) is 0. The Morgan fingerprint density at radius 2 is 1.96 bits per heavy atom. The van der Waals surface area contributed by atoms with Gasteiger partial charge in [0.05, 0.1) is 0 Å². The molecule has 2 aliphatic heterocycles. The van der Waals surface area contributed by atoms with Crippen molar-refractivity contribution in [1.82, 2.24) is 10.2 Å². The molecule has 2 aromatic carbocycles. The van der Waals surface area contributed by atoms with Crippen LogP contribution in [0.1, 0.15) is 36.1 Å². The number of carbonyl (C=O) groups excluding carboxylic acids is 2. The standard InChI is InChI=1S/C21H22N2O4/c1-2-19(24)23-10-9-15-5-3-4-6-16(15)20(23)21(25)22-12-14-7-8-17-18(11-14)27-13-26-17/h3-8,11,20H,2,9-10,12-13H2,1H3,(H,22,25). The van der Waals surface area contributed by atoms with Gasteiger partial charge in [-0.2, -0.15) is 0 Å². The van der Waals surface area contributed by atoms with E-state index in [1.165, 1.54) is 0 Å². The van der Waals surface area contributed by atoms with Gasteiger partial charge in [0, 0.05) is 19.5 Å². The summed E-state index contributed by atoms with van der Waals surface area (Å²) in [4.78, 5) is 27.1. The van der Waals surface area contributed by atoms with E-state index in [4.69, 9.17) is 9.47 Å². The molecule has 0 aromatic heterocycles. The fraction of sp³-hybridized carbons (Fsp3) is 0.333. The van der Waals surface area contributed by atoms with Crippen LogP contribution in [0, 0.1) is 0 Å². The van der Waals surface area contributed by atoms with E-state index in [0.29, 0.717) is 31.0 Å². The molecule has 0 bridgehead atoms. The van der Waals surface area contributed by atoms with Crippen LogP contribution in [0.2, 0.25) is 0 Å². The van der Waals surface area contributed by atoms with E-state index in [1.54, 1.807) is 4.90 Å². The fourth-order valence-corrected chi connectivity index (χ4v) is 3.66. The molecule has 1 atom stereocenters. The van der Waals surface area contributed by atoms with E-state index in [-0.39, 0.29) is 18.6 Å². The van der Waals surface area contributed by atoms with Crippen LogP contribution < -0.4 is 14.8 Å². The number of hydrogen-bond acceptors (Lipinski definition) is 4. The van der Waals surface area contributed by atoms with Crippen LogP contribution in [-0.4, -0.2) is 30.1 Å². The van der Waals surface area contributed by atoms with Gasteiger partial charge in [-0.1, -0.05) is 37.3 Å². The number of carbonyl (C=O) groups is 2. The molecule has 0 fully saturated rings. The second-order valence-corrected chi connectivity index (χ2v) is 6.70. The van der Waals surface area contributed by atoms with Crippen LogP contribution in [0.5, 0.6) is 11.5 Å². The lowest BCUT2D eigenvalue weighted by atomic mass is 9.91. The van der Waals surface area contributed by atoms with Crippen molar-refractivity contribution in [2.75, 3.05) is 13.3 Å². The number of nitrogens with one attached hydrogen (secondary N) is 1. The van der Waals surface area contributed by atoms with E-state index >= 15 is 0 Å². The first-order valence-electron chi connectivity index (χ1n) is 9.21. The predicted molar refractivity (Wildman–Crippen MR) is 99.3 cm³/mol. The number of hydrogen-bond donors (Lipinski definition) is 1. The molecule has 2 aromatic rings. The molecule has 0 saturated carbocycles. The van der Waals surface area contributed by atoms with Crippen molar-refractivity contribution < 1.29 is 19.1 Å². The molecule has 0 spiro atoms. The Hall–Kier alpha value is -3.02. The minimum absolute atomic E-state index is 0.00673. The minimum atomic E-state index is -0.587. The topological polar surface area (TPSA) is 67.9 Å². The molecule has 6 heteroatoms. The first-order chi connectivity index (χ1) is 13.2. The second kappa shape index (κ2) is 7.31. The highest BCUT2D eigenvalue weighted by Crippen LogP contribution is 2.33. The number of nitrogens with zero attached hydrogens (tertiary/aromatic N) is 1. The van der Waals surface area contributed by atoms with Gasteiger partial charge in [-0.25, -0.2) is 0 Å². The lowest BCUT2D eigenvalue weighted by Gasteiger charge is -2.36. The molecule has 6 nitrogen and oxygen atoms in total. The SMILES string of the molecule is CCC(=O)N1CCc2ccccc2C1C(=O)NCc1ccc2c(c1)OCO2. The molecule has 2 amide bonds. The van der Waals surface area contributed by atoms with Gasteiger partial charge in [0.25, 0.3) is 0 Å². The Bertz CT molecular complexity index is 880. The summed E-state index contributed by atoms with van der Waals surface area (Å²) in [6.45, 7) is 2.97. The third kappa shape index (κ3) is 3.35. The Labute approximate surface area is 158 Å². The molecule has 0 radical (unpaired) electrons. The zero-order valence-electron chi connectivity index (χ0n) is 15.2. The van der Waals surface area contributed by atoms with Gasteiger partial charge in [0.2, 0.25) is 18.6 Å². The summed E-state index contributed by atoms with van der Waals surface area (Å²) in [6, 6.07) is 12.9. The quantitative estimate of drug-likeness (QED) is 0.903. The summed E-state index contributed by atoms with van der Waals surface area (Å²) < 4.78 is 10.7. The first kappa shape index (κ1) is 17.4. The predicted octanol–water partition coefficient (Wildman–Crippen LogP) is 2.57. The lowest BCUT2D eigenvalue weighted by Crippen LogP contribution is -2.46. The summed E-state index contributed by atoms with van der Waals surface area (Å²) >= 11 is 0. The highest BCUT2D eigenvalue weighted by Gasteiger charge is 2.34. The molecule has 1 unspecified atom stereocenters. The maximum atomic E-state index is 13.0. The molecular weight excluding hydrogens is 344 g/mol. The van der Waals surface area contributed by atoms with Crippen molar-refractivity contribution in [3.8, 4) is 11.5 Å². The van der Waals surface area contributed by atoms with Gasteiger partial charge in [-0.3, -0.25) is 9.59 Å². The van der Waals surface area contributed by atoms with Crippen molar-refractivity contribution >= 4 is 11.8 Å². The molecular formula is C21H22N2O4. The largest absolute Gasteiger partial charge is 0.454 e. The van der Waals surface area contributed by atoms with Crippen LogP contribution in [0.15, 0.2) is 42.5 Å². The van der Waals surface area contributed by atoms with Crippen LogP contribution in [0.3, 0.4) is 0 Å². The second-order valence-electron chi connectivity index (χ2n) is 6.70.